The molecule has 0 unspecified atom stereocenters. The largest absolute Gasteiger partial charge is 0.388 e. The number of rotatable bonds is 4. The summed E-state index contributed by atoms with van der Waals surface area (Å²) in [5, 5.41) is 11.5. The fraction of sp³-hybridized carbons (Fsp3) is 0.556. The molecule has 0 saturated carbocycles. The summed E-state index contributed by atoms with van der Waals surface area (Å²) < 4.78 is 1.56. The number of aromatic nitrogens is 2. The molecule has 3 rings (SSSR count). The molecular weight excluding hydrogens is 290 g/mol. The summed E-state index contributed by atoms with van der Waals surface area (Å²) in [6.07, 6.45) is 2.95. The van der Waals surface area contributed by atoms with Gasteiger partial charge in [-0.1, -0.05) is 26.0 Å². The van der Waals surface area contributed by atoms with Gasteiger partial charge in [0.25, 0.3) is 5.56 Å². The summed E-state index contributed by atoms with van der Waals surface area (Å²) in [5.41, 5.74) is -0.192. The van der Waals surface area contributed by atoms with Crippen molar-refractivity contribution in [3.8, 4) is 0 Å². The molecule has 0 amide bonds. The van der Waals surface area contributed by atoms with Crippen molar-refractivity contribution in [1.29, 1.82) is 0 Å². The highest BCUT2D eigenvalue weighted by Crippen LogP contribution is 2.24. The van der Waals surface area contributed by atoms with Crippen LogP contribution in [0.3, 0.4) is 0 Å². The molecule has 2 aromatic rings. The molecule has 1 aromatic heterocycles. The van der Waals surface area contributed by atoms with Crippen LogP contribution in [-0.4, -0.2) is 44.8 Å². The second-order valence-electron chi connectivity index (χ2n) is 7.11. The monoisotopic (exact) mass is 315 g/mol. The number of hydrogen-bond acceptors (Lipinski definition) is 4. The zero-order valence-corrected chi connectivity index (χ0v) is 13.9. The van der Waals surface area contributed by atoms with Crippen molar-refractivity contribution in [2.75, 3.05) is 19.6 Å². The lowest BCUT2D eigenvalue weighted by atomic mass is 9.91. The standard InChI is InChI=1S/C18H25N3O2/c1-14(2)11-20-9-7-18(23,8-10-20)12-21-13-19-16-6-4-3-5-15(16)17(21)22/h3-6,13-14,23H,7-12H2,1-2H3. The highest BCUT2D eigenvalue weighted by molar-refractivity contribution is 5.76. The third-order valence-electron chi connectivity index (χ3n) is 4.61. The Morgan fingerprint density at radius 1 is 1.26 bits per heavy atom. The van der Waals surface area contributed by atoms with Crippen molar-refractivity contribution < 1.29 is 5.11 Å². The molecule has 0 radical (unpaired) electrons. The highest BCUT2D eigenvalue weighted by atomic mass is 16.3. The molecule has 1 saturated heterocycles. The number of piperidine rings is 1. The first kappa shape index (κ1) is 16.1. The van der Waals surface area contributed by atoms with Crippen LogP contribution < -0.4 is 5.56 Å². The molecule has 0 aliphatic carbocycles. The van der Waals surface area contributed by atoms with Crippen molar-refractivity contribution in [3.63, 3.8) is 0 Å². The summed E-state index contributed by atoms with van der Waals surface area (Å²) in [5.74, 6) is 0.633. The lowest BCUT2D eigenvalue weighted by Gasteiger charge is -2.39. The van der Waals surface area contributed by atoms with Crippen LogP contribution >= 0.6 is 0 Å². The predicted molar refractivity (Wildman–Crippen MR) is 91.5 cm³/mol. The van der Waals surface area contributed by atoms with Crippen LogP contribution in [0.4, 0.5) is 0 Å². The van der Waals surface area contributed by atoms with Gasteiger partial charge in [-0.2, -0.15) is 0 Å². The van der Waals surface area contributed by atoms with Crippen molar-refractivity contribution in [2.24, 2.45) is 5.92 Å². The molecule has 0 bridgehead atoms. The summed E-state index contributed by atoms with van der Waals surface area (Å²) in [4.78, 5) is 19.3. The van der Waals surface area contributed by atoms with Gasteiger partial charge in [-0.15, -0.1) is 0 Å². The first-order valence-corrected chi connectivity index (χ1v) is 8.36. The molecule has 2 heterocycles. The minimum Gasteiger partial charge on any atom is -0.388 e. The number of likely N-dealkylation sites (tertiary alicyclic amines) is 1. The quantitative estimate of drug-likeness (QED) is 0.936. The predicted octanol–water partition coefficient (Wildman–Crippen LogP) is 1.88. The molecule has 124 valence electrons. The smallest absolute Gasteiger partial charge is 0.261 e. The van der Waals surface area contributed by atoms with E-state index >= 15 is 0 Å². The van der Waals surface area contributed by atoms with E-state index in [-0.39, 0.29) is 5.56 Å². The van der Waals surface area contributed by atoms with E-state index in [2.05, 4.69) is 23.7 Å². The van der Waals surface area contributed by atoms with Crippen LogP contribution in [0.15, 0.2) is 35.4 Å². The Kier molecular flexibility index (Phi) is 4.50. The van der Waals surface area contributed by atoms with Gasteiger partial charge < -0.3 is 10.0 Å². The molecule has 5 heteroatoms. The molecule has 1 aromatic carbocycles. The molecule has 1 N–H and O–H groups in total. The van der Waals surface area contributed by atoms with Crippen LogP contribution in [0.25, 0.3) is 10.9 Å². The van der Waals surface area contributed by atoms with Gasteiger partial charge in [0.1, 0.15) is 0 Å². The van der Waals surface area contributed by atoms with Gasteiger partial charge in [0.05, 0.1) is 29.4 Å². The lowest BCUT2D eigenvalue weighted by molar-refractivity contribution is -0.0366. The minimum atomic E-state index is -0.818. The first-order chi connectivity index (χ1) is 11.0. The summed E-state index contributed by atoms with van der Waals surface area (Å²) >= 11 is 0. The van der Waals surface area contributed by atoms with Gasteiger partial charge >= 0.3 is 0 Å². The van der Waals surface area contributed by atoms with Gasteiger partial charge in [-0.05, 0) is 30.9 Å². The van der Waals surface area contributed by atoms with Gasteiger partial charge in [0.15, 0.2) is 0 Å². The summed E-state index contributed by atoms with van der Waals surface area (Å²) in [7, 11) is 0. The number of para-hydroxylation sites is 1. The van der Waals surface area contributed by atoms with Crippen LogP contribution in [-0.2, 0) is 6.54 Å². The molecule has 1 aliphatic heterocycles. The van der Waals surface area contributed by atoms with E-state index in [4.69, 9.17) is 0 Å². The van der Waals surface area contributed by atoms with Gasteiger partial charge in [-0.25, -0.2) is 4.98 Å². The van der Waals surface area contributed by atoms with Crippen LogP contribution in [0.2, 0.25) is 0 Å². The van der Waals surface area contributed by atoms with Crippen molar-refractivity contribution in [3.05, 3.63) is 40.9 Å². The Balaban J connectivity index is 1.75. The zero-order valence-electron chi connectivity index (χ0n) is 13.9. The third-order valence-corrected chi connectivity index (χ3v) is 4.61. The first-order valence-electron chi connectivity index (χ1n) is 8.36. The Morgan fingerprint density at radius 2 is 1.96 bits per heavy atom. The number of aliphatic hydroxyl groups is 1. The molecule has 1 aliphatic rings. The van der Waals surface area contributed by atoms with E-state index in [9.17, 15) is 9.90 Å². The topological polar surface area (TPSA) is 58.4 Å². The van der Waals surface area contributed by atoms with E-state index in [1.54, 1.807) is 17.0 Å². The number of fused-ring (bicyclic) bond motifs is 1. The van der Waals surface area contributed by atoms with E-state index in [0.29, 0.717) is 36.2 Å². The van der Waals surface area contributed by atoms with Crippen LogP contribution in [0.5, 0.6) is 0 Å². The van der Waals surface area contributed by atoms with Crippen molar-refractivity contribution in [1.82, 2.24) is 14.5 Å². The average molecular weight is 315 g/mol. The maximum atomic E-state index is 12.6. The van der Waals surface area contributed by atoms with Gasteiger partial charge in [-0.3, -0.25) is 9.36 Å². The summed E-state index contributed by atoms with van der Waals surface area (Å²) in [6, 6.07) is 7.34. The Hall–Kier alpha value is -1.72. The number of hydrogen-bond donors (Lipinski definition) is 1. The number of benzene rings is 1. The molecular formula is C18H25N3O2. The zero-order chi connectivity index (χ0) is 16.4. The van der Waals surface area contributed by atoms with Crippen molar-refractivity contribution in [2.45, 2.75) is 38.8 Å². The normalized spacial score (nSPS) is 18.6. The van der Waals surface area contributed by atoms with Gasteiger partial charge in [0.2, 0.25) is 0 Å². The summed E-state index contributed by atoms with van der Waals surface area (Å²) in [6.45, 7) is 7.56. The fourth-order valence-electron chi connectivity index (χ4n) is 3.36. The second-order valence-corrected chi connectivity index (χ2v) is 7.11. The maximum absolute atomic E-state index is 12.6. The molecule has 0 spiro atoms. The Bertz CT molecular complexity index is 730. The SMILES string of the molecule is CC(C)CN1CCC(O)(Cn2cnc3ccccc3c2=O)CC1. The molecule has 0 atom stereocenters. The Labute approximate surface area is 136 Å². The number of nitrogens with zero attached hydrogens (tertiary/aromatic N) is 3. The van der Waals surface area contributed by atoms with Gasteiger partial charge in [0, 0.05) is 19.6 Å². The second kappa shape index (κ2) is 6.42. The highest BCUT2D eigenvalue weighted by Gasteiger charge is 2.33. The maximum Gasteiger partial charge on any atom is 0.261 e. The fourth-order valence-corrected chi connectivity index (χ4v) is 3.36. The third kappa shape index (κ3) is 3.62. The molecule has 1 fully saturated rings. The average Bonchev–Trinajstić information content (AvgIpc) is 2.53. The van der Waals surface area contributed by atoms with Crippen molar-refractivity contribution >= 4 is 10.9 Å². The molecule has 5 nitrogen and oxygen atoms in total. The van der Waals surface area contributed by atoms with Crippen LogP contribution in [0, 0.1) is 5.92 Å². The Morgan fingerprint density at radius 3 is 2.65 bits per heavy atom. The molecule has 23 heavy (non-hydrogen) atoms. The van der Waals surface area contributed by atoms with E-state index in [1.165, 1.54) is 0 Å². The minimum absolute atomic E-state index is 0.0753. The van der Waals surface area contributed by atoms with E-state index in [1.807, 2.05) is 18.2 Å². The van der Waals surface area contributed by atoms with E-state index in [0.717, 1.165) is 19.6 Å². The van der Waals surface area contributed by atoms with E-state index < -0.39 is 5.60 Å². The van der Waals surface area contributed by atoms with Crippen LogP contribution in [0.1, 0.15) is 26.7 Å². The lowest BCUT2D eigenvalue weighted by Crippen LogP contribution is -2.48.